The molecule has 0 bridgehead atoms. The fourth-order valence-corrected chi connectivity index (χ4v) is 11.3. The normalized spacial score (nSPS) is 45.5. The molecule has 40 heavy (non-hydrogen) atoms. The van der Waals surface area contributed by atoms with E-state index in [4.69, 9.17) is 4.42 Å². The Balaban J connectivity index is 1.35. The van der Waals surface area contributed by atoms with E-state index in [9.17, 15) is 9.90 Å². The summed E-state index contributed by atoms with van der Waals surface area (Å²) in [5, 5.41) is 14.6. The van der Waals surface area contributed by atoms with E-state index < -0.39 is 0 Å². The molecule has 5 aliphatic rings. The van der Waals surface area contributed by atoms with Gasteiger partial charge in [0, 0.05) is 17.5 Å². The first-order valence-corrected chi connectivity index (χ1v) is 16.1. The molecule has 5 aliphatic carbocycles. The highest BCUT2D eigenvalue weighted by atomic mass is 16.3. The lowest BCUT2D eigenvalue weighted by Crippen LogP contribution is -2.67. The van der Waals surface area contributed by atoms with Crippen molar-refractivity contribution in [1.82, 2.24) is 5.32 Å². The molecule has 0 spiro atoms. The predicted octanol–water partition coefficient (Wildman–Crippen LogP) is 8.32. The van der Waals surface area contributed by atoms with E-state index in [0.717, 1.165) is 51.4 Å². The van der Waals surface area contributed by atoms with Crippen molar-refractivity contribution in [3.05, 3.63) is 41.9 Å². The van der Waals surface area contributed by atoms with Gasteiger partial charge in [0.1, 0.15) is 5.76 Å². The monoisotopic (exact) mass is 547 g/mol. The molecule has 1 aromatic heterocycles. The van der Waals surface area contributed by atoms with Gasteiger partial charge in [-0.1, -0.05) is 60.1 Å². The number of fused-ring (bicyclic) bond motifs is 7. The van der Waals surface area contributed by atoms with Crippen LogP contribution in [0.25, 0.3) is 6.08 Å². The van der Waals surface area contributed by atoms with Gasteiger partial charge in [-0.2, -0.15) is 0 Å². The van der Waals surface area contributed by atoms with Crippen LogP contribution < -0.4 is 5.32 Å². The highest BCUT2D eigenvalue weighted by molar-refractivity contribution is 5.92. The third-order valence-electron chi connectivity index (χ3n) is 13.9. The second-order valence-corrected chi connectivity index (χ2v) is 16.6. The van der Waals surface area contributed by atoms with Crippen molar-refractivity contribution in [1.29, 1.82) is 0 Å². The van der Waals surface area contributed by atoms with Gasteiger partial charge in [0.2, 0.25) is 5.91 Å². The fraction of sp³-hybridized carbons (Fsp3) is 0.750. The summed E-state index contributed by atoms with van der Waals surface area (Å²) in [6.45, 7) is 17.3. The average molecular weight is 548 g/mol. The van der Waals surface area contributed by atoms with E-state index >= 15 is 0 Å². The highest BCUT2D eigenvalue weighted by Gasteiger charge is 2.68. The number of rotatable bonds is 3. The minimum absolute atomic E-state index is 0.00113. The van der Waals surface area contributed by atoms with Crippen LogP contribution in [0.5, 0.6) is 0 Å². The van der Waals surface area contributed by atoms with Gasteiger partial charge in [0.05, 0.1) is 12.4 Å². The SMILES string of the molecule is CC1(C)CC[C@]2(NC(=O)C=Cc3ccco3)CC[C@]3(C)C(=CC[C@@H]4[C@@]5(C)CC[C@H](O)C(C)(C)[C@@H]5CC[C@]43C)[C@@H]2C1. The van der Waals surface area contributed by atoms with Gasteiger partial charge in [-0.05, 0) is 121 Å². The number of nitrogens with one attached hydrogen (secondary N) is 1. The molecule has 1 aromatic rings. The number of aliphatic hydroxyl groups is 1. The van der Waals surface area contributed by atoms with Crippen molar-refractivity contribution in [3.8, 4) is 0 Å². The van der Waals surface area contributed by atoms with Crippen LogP contribution >= 0.6 is 0 Å². The quantitative estimate of drug-likeness (QED) is 0.295. The molecular formula is C36H53NO3. The molecule has 6 rings (SSSR count). The number of furan rings is 1. The van der Waals surface area contributed by atoms with Crippen molar-refractivity contribution in [3.63, 3.8) is 0 Å². The van der Waals surface area contributed by atoms with Crippen LogP contribution in [0.2, 0.25) is 0 Å². The summed E-state index contributed by atoms with van der Waals surface area (Å²) in [6, 6.07) is 3.73. The van der Waals surface area contributed by atoms with Gasteiger partial charge in [-0.25, -0.2) is 0 Å². The second-order valence-electron chi connectivity index (χ2n) is 16.6. The van der Waals surface area contributed by atoms with Crippen LogP contribution in [0.3, 0.4) is 0 Å². The summed E-state index contributed by atoms with van der Waals surface area (Å²) in [6.07, 6.45) is 18.7. The van der Waals surface area contributed by atoms with Gasteiger partial charge in [0.15, 0.2) is 0 Å². The summed E-state index contributed by atoms with van der Waals surface area (Å²) < 4.78 is 5.43. The van der Waals surface area contributed by atoms with Gasteiger partial charge in [-0.3, -0.25) is 4.79 Å². The molecule has 220 valence electrons. The van der Waals surface area contributed by atoms with Gasteiger partial charge in [-0.15, -0.1) is 0 Å². The number of hydrogen-bond acceptors (Lipinski definition) is 3. The fourth-order valence-electron chi connectivity index (χ4n) is 11.3. The summed E-state index contributed by atoms with van der Waals surface area (Å²) in [7, 11) is 0. The molecule has 0 aliphatic heterocycles. The Hall–Kier alpha value is -1.81. The molecule has 1 amide bonds. The summed E-state index contributed by atoms with van der Waals surface area (Å²) in [4.78, 5) is 13.4. The molecular weight excluding hydrogens is 494 g/mol. The first kappa shape index (κ1) is 28.3. The number of amides is 1. The van der Waals surface area contributed by atoms with E-state index in [1.165, 1.54) is 12.8 Å². The Morgan fingerprint density at radius 2 is 1.73 bits per heavy atom. The first-order chi connectivity index (χ1) is 18.7. The number of hydrogen-bond donors (Lipinski definition) is 2. The van der Waals surface area contributed by atoms with E-state index in [-0.39, 0.29) is 44.6 Å². The minimum Gasteiger partial charge on any atom is -0.465 e. The van der Waals surface area contributed by atoms with Crippen LogP contribution in [-0.2, 0) is 4.79 Å². The van der Waals surface area contributed by atoms with E-state index in [0.29, 0.717) is 23.5 Å². The first-order valence-electron chi connectivity index (χ1n) is 16.1. The minimum atomic E-state index is -0.189. The molecule has 4 nitrogen and oxygen atoms in total. The molecule has 0 saturated heterocycles. The van der Waals surface area contributed by atoms with Crippen LogP contribution in [-0.4, -0.2) is 22.7 Å². The molecule has 1 heterocycles. The maximum Gasteiger partial charge on any atom is 0.244 e. The smallest absolute Gasteiger partial charge is 0.244 e. The van der Waals surface area contributed by atoms with Crippen molar-refractivity contribution in [2.45, 2.75) is 124 Å². The number of carbonyl (C=O) groups is 1. The summed E-state index contributed by atoms with van der Waals surface area (Å²) in [5.74, 6) is 2.29. The van der Waals surface area contributed by atoms with Crippen LogP contribution in [0.4, 0.5) is 0 Å². The van der Waals surface area contributed by atoms with Gasteiger partial charge >= 0.3 is 0 Å². The lowest BCUT2D eigenvalue weighted by molar-refractivity contribution is -0.201. The molecule has 4 saturated carbocycles. The molecule has 8 atom stereocenters. The van der Waals surface area contributed by atoms with E-state index in [1.54, 1.807) is 24.0 Å². The van der Waals surface area contributed by atoms with E-state index in [1.807, 2.05) is 12.1 Å². The number of carbonyl (C=O) groups excluding carboxylic acids is 1. The zero-order valence-electron chi connectivity index (χ0n) is 26.1. The van der Waals surface area contributed by atoms with Crippen molar-refractivity contribution in [2.75, 3.05) is 0 Å². The summed E-state index contributed by atoms with van der Waals surface area (Å²) >= 11 is 0. The molecule has 0 radical (unpaired) electrons. The van der Waals surface area contributed by atoms with Crippen molar-refractivity contribution < 1.29 is 14.3 Å². The Morgan fingerprint density at radius 1 is 0.975 bits per heavy atom. The maximum atomic E-state index is 13.4. The largest absolute Gasteiger partial charge is 0.465 e. The van der Waals surface area contributed by atoms with Crippen LogP contribution in [0.15, 0.2) is 40.5 Å². The zero-order chi connectivity index (χ0) is 28.8. The highest BCUT2D eigenvalue weighted by Crippen LogP contribution is 2.74. The number of allylic oxidation sites excluding steroid dienone is 1. The molecule has 4 heteroatoms. The average Bonchev–Trinajstić information content (AvgIpc) is 3.40. The lowest BCUT2D eigenvalue weighted by atomic mass is 9.34. The lowest BCUT2D eigenvalue weighted by Gasteiger charge is -2.71. The zero-order valence-corrected chi connectivity index (χ0v) is 26.1. The molecule has 4 fully saturated rings. The van der Waals surface area contributed by atoms with Gasteiger partial charge in [0.25, 0.3) is 0 Å². The topological polar surface area (TPSA) is 62.5 Å². The second kappa shape index (κ2) is 9.09. The third-order valence-corrected chi connectivity index (χ3v) is 13.9. The van der Waals surface area contributed by atoms with Gasteiger partial charge < -0.3 is 14.8 Å². The van der Waals surface area contributed by atoms with Crippen molar-refractivity contribution >= 4 is 12.0 Å². The third kappa shape index (κ3) is 3.97. The number of aliphatic hydroxyl groups excluding tert-OH is 1. The summed E-state index contributed by atoms with van der Waals surface area (Å²) in [5.41, 5.74) is 2.35. The van der Waals surface area contributed by atoms with Crippen molar-refractivity contribution in [2.24, 2.45) is 44.8 Å². The Morgan fingerprint density at radius 3 is 2.45 bits per heavy atom. The molecule has 0 aromatic carbocycles. The predicted molar refractivity (Wildman–Crippen MR) is 161 cm³/mol. The van der Waals surface area contributed by atoms with E-state index in [2.05, 4.69) is 59.9 Å². The Labute approximate surface area is 242 Å². The van der Waals surface area contributed by atoms with Crippen LogP contribution in [0, 0.1) is 44.8 Å². The molecule has 0 unspecified atom stereocenters. The van der Waals surface area contributed by atoms with Crippen LogP contribution in [0.1, 0.15) is 118 Å². The Bertz CT molecular complexity index is 1210. The maximum absolute atomic E-state index is 13.4. The standard InChI is InChI=1S/C36H53NO3/c1-31(2)18-20-36(37-30(39)13-10-24-9-8-22-40-24)21-19-34(6)25(26(36)23-31)11-12-28-33(5)16-15-29(38)32(3,4)27(33)14-17-35(28,34)7/h8-11,13,22,26-29,38H,12,14-21,23H2,1-7H3,(H,37,39)/t26-,27-,28+,29-,33-,34+,35+,36-/m0/s1. The molecule has 2 N–H and O–H groups in total. The Kier molecular flexibility index (Phi) is 6.44.